The maximum absolute atomic E-state index is 10.3. The normalized spacial score (nSPS) is 11.4. The number of ether oxygens (including phenoxy) is 1. The highest BCUT2D eigenvalue weighted by Gasteiger charge is 2.15. The molecule has 0 unspecified atom stereocenters. The molecule has 6 heteroatoms. The molecule has 0 fully saturated rings. The highest BCUT2D eigenvalue weighted by atomic mass is 32.1. The molecule has 0 spiro atoms. The minimum absolute atomic E-state index is 0.142. The third-order valence-corrected chi connectivity index (χ3v) is 4.42. The van der Waals surface area contributed by atoms with Crippen LogP contribution in [0.25, 0.3) is 27.8 Å². The maximum Gasteiger partial charge on any atom is 0.219 e. The van der Waals surface area contributed by atoms with Crippen LogP contribution in [-0.4, -0.2) is 26.6 Å². The summed E-state index contributed by atoms with van der Waals surface area (Å²) in [4.78, 5) is 8.74. The van der Waals surface area contributed by atoms with Crippen molar-refractivity contribution in [1.82, 2.24) is 14.4 Å². The highest BCUT2D eigenvalue weighted by Crippen LogP contribution is 2.36. The Balaban J connectivity index is 2.14. The third-order valence-electron chi connectivity index (χ3n) is 3.74. The number of fused-ring (bicyclic) bond motifs is 3. The first-order chi connectivity index (χ1) is 10.7. The van der Waals surface area contributed by atoms with E-state index >= 15 is 0 Å². The van der Waals surface area contributed by atoms with Gasteiger partial charge in [-0.15, -0.1) is 0 Å². The average molecular weight is 311 g/mol. The Morgan fingerprint density at radius 2 is 2.18 bits per heavy atom. The number of thiophene rings is 1. The Morgan fingerprint density at radius 1 is 1.32 bits per heavy atom. The SMILES string of the molecule is COc1cc2ncc3nc(C)c(O)n3c2cc1-c1ccsc1. The van der Waals surface area contributed by atoms with E-state index in [1.54, 1.807) is 36.0 Å². The highest BCUT2D eigenvalue weighted by molar-refractivity contribution is 7.08. The van der Waals surface area contributed by atoms with Gasteiger partial charge in [-0.05, 0) is 35.4 Å². The fourth-order valence-corrected chi connectivity index (χ4v) is 3.30. The molecule has 0 aliphatic carbocycles. The molecule has 110 valence electrons. The van der Waals surface area contributed by atoms with E-state index in [9.17, 15) is 5.11 Å². The second-order valence-corrected chi connectivity index (χ2v) is 5.81. The lowest BCUT2D eigenvalue weighted by molar-refractivity contribution is 0.417. The first-order valence-corrected chi connectivity index (χ1v) is 7.70. The quantitative estimate of drug-likeness (QED) is 0.614. The van der Waals surface area contributed by atoms with E-state index in [1.807, 2.05) is 23.6 Å². The van der Waals surface area contributed by atoms with Crippen LogP contribution in [0.2, 0.25) is 0 Å². The Labute approximate surface area is 130 Å². The smallest absolute Gasteiger partial charge is 0.219 e. The van der Waals surface area contributed by atoms with Crippen molar-refractivity contribution < 1.29 is 9.84 Å². The predicted octanol–water partition coefficient (Wildman–Crippen LogP) is 3.63. The summed E-state index contributed by atoms with van der Waals surface area (Å²) in [5.41, 5.74) is 4.81. The van der Waals surface area contributed by atoms with Crippen molar-refractivity contribution in [2.45, 2.75) is 6.92 Å². The lowest BCUT2D eigenvalue weighted by atomic mass is 10.1. The van der Waals surface area contributed by atoms with Crippen molar-refractivity contribution in [2.75, 3.05) is 7.11 Å². The van der Waals surface area contributed by atoms with Crippen LogP contribution in [0.1, 0.15) is 5.69 Å². The van der Waals surface area contributed by atoms with Gasteiger partial charge in [0.1, 0.15) is 11.4 Å². The number of aryl methyl sites for hydroxylation is 1. The molecule has 4 rings (SSSR count). The second-order valence-electron chi connectivity index (χ2n) is 5.03. The molecule has 3 heterocycles. The molecule has 0 radical (unpaired) electrons. The van der Waals surface area contributed by atoms with E-state index < -0.39 is 0 Å². The van der Waals surface area contributed by atoms with Crippen LogP contribution in [0, 0.1) is 6.92 Å². The molecule has 3 aromatic heterocycles. The van der Waals surface area contributed by atoms with Crippen molar-refractivity contribution in [3.05, 3.63) is 40.8 Å². The minimum Gasteiger partial charge on any atom is -0.496 e. The number of rotatable bonds is 2. The number of methoxy groups -OCH3 is 1. The van der Waals surface area contributed by atoms with Gasteiger partial charge in [-0.3, -0.25) is 9.38 Å². The Bertz CT molecular complexity index is 990. The van der Waals surface area contributed by atoms with E-state index in [0.29, 0.717) is 11.3 Å². The van der Waals surface area contributed by atoms with Crippen LogP contribution < -0.4 is 4.74 Å². The number of nitrogens with zero attached hydrogens (tertiary/aromatic N) is 3. The fourth-order valence-electron chi connectivity index (χ4n) is 2.65. The largest absolute Gasteiger partial charge is 0.496 e. The van der Waals surface area contributed by atoms with Crippen LogP contribution in [0.15, 0.2) is 35.2 Å². The summed E-state index contributed by atoms with van der Waals surface area (Å²) < 4.78 is 7.22. The minimum atomic E-state index is 0.142. The molecule has 4 aromatic rings. The van der Waals surface area contributed by atoms with E-state index in [-0.39, 0.29) is 5.88 Å². The summed E-state index contributed by atoms with van der Waals surface area (Å²) in [7, 11) is 1.65. The molecule has 0 amide bonds. The standard InChI is InChI=1S/C16H13N3O2S/c1-9-16(20)19-13-5-11(10-3-4-22-8-10)14(21-2)6-12(13)17-7-15(19)18-9/h3-8,20H,1-2H3. The van der Waals surface area contributed by atoms with E-state index in [0.717, 1.165) is 27.9 Å². The summed E-state index contributed by atoms with van der Waals surface area (Å²) in [6.07, 6.45) is 1.65. The van der Waals surface area contributed by atoms with Gasteiger partial charge in [-0.25, -0.2) is 4.98 Å². The van der Waals surface area contributed by atoms with Crippen molar-refractivity contribution in [1.29, 1.82) is 0 Å². The van der Waals surface area contributed by atoms with Crippen molar-refractivity contribution in [3.63, 3.8) is 0 Å². The first-order valence-electron chi connectivity index (χ1n) is 6.76. The van der Waals surface area contributed by atoms with Gasteiger partial charge in [-0.2, -0.15) is 11.3 Å². The molecule has 0 bridgehead atoms. The summed E-state index contributed by atoms with van der Waals surface area (Å²) >= 11 is 1.63. The number of aromatic nitrogens is 3. The molecule has 22 heavy (non-hydrogen) atoms. The fraction of sp³-hybridized carbons (Fsp3) is 0.125. The van der Waals surface area contributed by atoms with Crippen LogP contribution in [-0.2, 0) is 0 Å². The van der Waals surface area contributed by atoms with Crippen LogP contribution >= 0.6 is 11.3 Å². The van der Waals surface area contributed by atoms with Gasteiger partial charge in [0.25, 0.3) is 0 Å². The molecule has 5 nitrogen and oxygen atoms in total. The van der Waals surface area contributed by atoms with Crippen LogP contribution in [0.5, 0.6) is 11.6 Å². The molecule has 1 N–H and O–H groups in total. The summed E-state index contributed by atoms with van der Waals surface area (Å²) in [5.74, 6) is 0.901. The van der Waals surface area contributed by atoms with Gasteiger partial charge < -0.3 is 9.84 Å². The predicted molar refractivity (Wildman–Crippen MR) is 86.8 cm³/mol. The number of benzene rings is 1. The third kappa shape index (κ3) is 1.77. The molecule has 0 aliphatic heterocycles. The Kier molecular flexibility index (Phi) is 2.80. The summed E-state index contributed by atoms with van der Waals surface area (Å²) in [6.45, 7) is 1.78. The van der Waals surface area contributed by atoms with Crippen LogP contribution in [0.3, 0.4) is 0 Å². The Hall–Kier alpha value is -2.60. The number of aromatic hydroxyl groups is 1. The van der Waals surface area contributed by atoms with E-state index in [1.165, 1.54) is 0 Å². The molecular weight excluding hydrogens is 298 g/mol. The van der Waals surface area contributed by atoms with Gasteiger partial charge in [-0.1, -0.05) is 0 Å². The monoisotopic (exact) mass is 311 g/mol. The van der Waals surface area contributed by atoms with Gasteiger partial charge in [0.2, 0.25) is 5.88 Å². The second kappa shape index (κ2) is 4.71. The topological polar surface area (TPSA) is 59.7 Å². The molecule has 1 aromatic carbocycles. The number of hydrogen-bond acceptors (Lipinski definition) is 5. The zero-order valence-corrected chi connectivity index (χ0v) is 12.9. The lowest BCUT2D eigenvalue weighted by Gasteiger charge is -2.10. The summed E-state index contributed by atoms with van der Waals surface area (Å²) in [6, 6.07) is 5.91. The van der Waals surface area contributed by atoms with E-state index in [2.05, 4.69) is 15.3 Å². The lowest BCUT2D eigenvalue weighted by Crippen LogP contribution is -1.94. The van der Waals surface area contributed by atoms with Crippen molar-refractivity contribution >= 4 is 28.0 Å². The molecule has 0 atom stereocenters. The molecule has 0 aliphatic rings. The zero-order valence-electron chi connectivity index (χ0n) is 12.1. The Morgan fingerprint density at radius 3 is 2.91 bits per heavy atom. The van der Waals surface area contributed by atoms with Gasteiger partial charge in [0.05, 0.1) is 24.3 Å². The maximum atomic E-state index is 10.3. The molecule has 0 saturated heterocycles. The van der Waals surface area contributed by atoms with Gasteiger partial charge >= 0.3 is 0 Å². The van der Waals surface area contributed by atoms with Crippen LogP contribution in [0.4, 0.5) is 0 Å². The van der Waals surface area contributed by atoms with Crippen molar-refractivity contribution in [3.8, 4) is 22.8 Å². The average Bonchev–Trinajstić information content (AvgIpc) is 3.15. The number of hydrogen-bond donors (Lipinski definition) is 1. The molecular formula is C16H13N3O2S. The molecule has 0 saturated carbocycles. The van der Waals surface area contributed by atoms with Gasteiger partial charge in [0.15, 0.2) is 5.65 Å². The van der Waals surface area contributed by atoms with E-state index in [4.69, 9.17) is 4.74 Å². The first kappa shape index (κ1) is 13.1. The van der Waals surface area contributed by atoms with Crippen molar-refractivity contribution in [2.24, 2.45) is 0 Å². The number of imidazole rings is 1. The zero-order chi connectivity index (χ0) is 15.3. The summed E-state index contributed by atoms with van der Waals surface area (Å²) in [5, 5.41) is 14.4. The van der Waals surface area contributed by atoms with Gasteiger partial charge in [0, 0.05) is 11.6 Å².